The fraction of sp³-hybridized carbons (Fsp3) is 0.231. The molecular weight excluding hydrogens is 356 g/mol. The summed E-state index contributed by atoms with van der Waals surface area (Å²) in [6.45, 7) is 6.07. The molecule has 1 saturated carbocycles. The van der Waals surface area contributed by atoms with Crippen molar-refractivity contribution in [3.8, 4) is 0 Å². The number of nitrogens with one attached hydrogen (secondary N) is 1. The van der Waals surface area contributed by atoms with Crippen LogP contribution in [0.5, 0.6) is 0 Å². The largest absolute Gasteiger partial charge is 0.273 e. The van der Waals surface area contributed by atoms with Crippen molar-refractivity contribution in [3.05, 3.63) is 107 Å². The normalized spacial score (nSPS) is 17.6. The highest BCUT2D eigenvalue weighted by Crippen LogP contribution is 2.58. The molecule has 1 atom stereocenters. The summed E-state index contributed by atoms with van der Waals surface area (Å²) in [6, 6.07) is 26.9. The van der Waals surface area contributed by atoms with Gasteiger partial charge < -0.3 is 0 Å². The van der Waals surface area contributed by atoms with E-state index in [0.29, 0.717) is 0 Å². The summed E-state index contributed by atoms with van der Waals surface area (Å²) in [5.74, 6) is -0.148. The first-order chi connectivity index (χ1) is 14.0. The van der Waals surface area contributed by atoms with Gasteiger partial charge >= 0.3 is 0 Å². The number of hydrogen-bond acceptors (Lipinski definition) is 2. The van der Waals surface area contributed by atoms with Crippen LogP contribution < -0.4 is 5.43 Å². The molecule has 0 unspecified atom stereocenters. The monoisotopic (exact) mass is 382 g/mol. The summed E-state index contributed by atoms with van der Waals surface area (Å²) in [4.78, 5) is 13.0. The zero-order valence-electron chi connectivity index (χ0n) is 17.1. The highest BCUT2D eigenvalue weighted by atomic mass is 16.2. The molecule has 1 N–H and O–H groups in total. The molecule has 0 aromatic heterocycles. The summed E-state index contributed by atoms with van der Waals surface area (Å²) in [5.41, 5.74) is 9.16. The second kappa shape index (κ2) is 7.67. The standard InChI is InChI=1S/C26H26N2O/c1-18-14-15-19(2)23(16-18)20(3)27-28-25(29)24-17-26(24,21-10-6-4-7-11-21)22-12-8-5-9-13-22/h4-16,24H,17H2,1-3H3,(H,28,29)/t24-/m1/s1. The summed E-state index contributed by atoms with van der Waals surface area (Å²) >= 11 is 0. The predicted molar refractivity (Wildman–Crippen MR) is 118 cm³/mol. The van der Waals surface area contributed by atoms with Crippen molar-refractivity contribution >= 4 is 11.6 Å². The lowest BCUT2D eigenvalue weighted by atomic mass is 9.85. The molecule has 29 heavy (non-hydrogen) atoms. The highest BCUT2D eigenvalue weighted by molar-refractivity contribution is 6.01. The second-order valence-electron chi connectivity index (χ2n) is 7.95. The van der Waals surface area contributed by atoms with Gasteiger partial charge in [-0.1, -0.05) is 78.4 Å². The lowest BCUT2D eigenvalue weighted by Crippen LogP contribution is -2.26. The Bertz CT molecular complexity index is 1020. The topological polar surface area (TPSA) is 41.5 Å². The summed E-state index contributed by atoms with van der Waals surface area (Å²) in [5, 5.41) is 4.43. The molecule has 1 aliphatic carbocycles. The van der Waals surface area contributed by atoms with Crippen LogP contribution in [-0.2, 0) is 10.2 Å². The van der Waals surface area contributed by atoms with Crippen LogP contribution in [0, 0.1) is 19.8 Å². The van der Waals surface area contributed by atoms with E-state index in [4.69, 9.17) is 0 Å². The number of carbonyl (C=O) groups excluding carboxylic acids is 1. The zero-order chi connectivity index (χ0) is 20.4. The van der Waals surface area contributed by atoms with Crippen LogP contribution in [0.1, 0.15) is 41.2 Å². The van der Waals surface area contributed by atoms with Crippen LogP contribution in [0.3, 0.4) is 0 Å². The molecule has 0 bridgehead atoms. The van der Waals surface area contributed by atoms with Crippen molar-refractivity contribution < 1.29 is 4.79 Å². The SMILES string of the molecule is CC(=NNC(=O)[C@H]1CC1(c1ccccc1)c1ccccc1)c1cc(C)ccc1C. The Hall–Kier alpha value is -3.20. The van der Waals surface area contributed by atoms with E-state index in [0.717, 1.165) is 23.3 Å². The quantitative estimate of drug-likeness (QED) is 0.481. The van der Waals surface area contributed by atoms with Crippen LogP contribution in [0.15, 0.2) is 84.0 Å². The molecule has 0 saturated heterocycles. The Morgan fingerprint density at radius 2 is 1.52 bits per heavy atom. The van der Waals surface area contributed by atoms with Gasteiger partial charge in [0.05, 0.1) is 11.6 Å². The first kappa shape index (κ1) is 19.1. The third kappa shape index (κ3) is 3.61. The highest BCUT2D eigenvalue weighted by Gasteiger charge is 2.60. The van der Waals surface area contributed by atoms with Crippen LogP contribution in [0.2, 0.25) is 0 Å². The van der Waals surface area contributed by atoms with Gasteiger partial charge in [-0.25, -0.2) is 5.43 Å². The molecule has 0 radical (unpaired) electrons. The van der Waals surface area contributed by atoms with Crippen LogP contribution >= 0.6 is 0 Å². The number of carbonyl (C=O) groups is 1. The molecule has 146 valence electrons. The van der Waals surface area contributed by atoms with E-state index in [1.165, 1.54) is 16.7 Å². The molecule has 1 amide bonds. The minimum atomic E-state index is -0.269. The van der Waals surface area contributed by atoms with Crippen molar-refractivity contribution in [2.45, 2.75) is 32.6 Å². The van der Waals surface area contributed by atoms with E-state index in [9.17, 15) is 4.79 Å². The Morgan fingerprint density at radius 1 is 0.931 bits per heavy atom. The van der Waals surface area contributed by atoms with Gasteiger partial charge in [-0.3, -0.25) is 4.79 Å². The molecule has 3 aromatic rings. The molecule has 1 aliphatic rings. The van der Waals surface area contributed by atoms with E-state index >= 15 is 0 Å². The van der Waals surface area contributed by atoms with Crippen molar-refractivity contribution in [1.82, 2.24) is 5.43 Å². The van der Waals surface area contributed by atoms with Crippen molar-refractivity contribution in [1.29, 1.82) is 0 Å². The van der Waals surface area contributed by atoms with Gasteiger partial charge in [-0.2, -0.15) is 5.10 Å². The van der Waals surface area contributed by atoms with Crippen LogP contribution in [0.4, 0.5) is 0 Å². The molecule has 4 rings (SSSR count). The minimum Gasteiger partial charge on any atom is -0.273 e. The fourth-order valence-corrected chi connectivity index (χ4v) is 4.26. The number of benzene rings is 3. The third-order valence-electron chi connectivity index (χ3n) is 5.97. The molecule has 1 fully saturated rings. The molecule has 3 nitrogen and oxygen atoms in total. The number of amides is 1. The van der Waals surface area contributed by atoms with Crippen LogP contribution in [0.25, 0.3) is 0 Å². The average Bonchev–Trinajstić information content (AvgIpc) is 3.52. The van der Waals surface area contributed by atoms with Gasteiger partial charge in [-0.05, 0) is 49.9 Å². The number of hydrogen-bond donors (Lipinski definition) is 1. The summed E-state index contributed by atoms with van der Waals surface area (Å²) in [6.07, 6.45) is 0.797. The maximum absolute atomic E-state index is 13.0. The Morgan fingerprint density at radius 3 is 2.10 bits per heavy atom. The Labute approximate surface area is 172 Å². The van der Waals surface area contributed by atoms with Crippen molar-refractivity contribution in [2.75, 3.05) is 0 Å². The fourth-order valence-electron chi connectivity index (χ4n) is 4.26. The van der Waals surface area contributed by atoms with Gasteiger partial charge in [0.1, 0.15) is 0 Å². The van der Waals surface area contributed by atoms with E-state index in [1.54, 1.807) is 0 Å². The molecule has 3 heteroatoms. The molecule has 3 aromatic carbocycles. The predicted octanol–water partition coefficient (Wildman–Crippen LogP) is 5.15. The van der Waals surface area contributed by atoms with Gasteiger partial charge in [0, 0.05) is 11.0 Å². The van der Waals surface area contributed by atoms with Gasteiger partial charge in [-0.15, -0.1) is 0 Å². The van der Waals surface area contributed by atoms with Gasteiger partial charge in [0.2, 0.25) is 5.91 Å². The van der Waals surface area contributed by atoms with E-state index in [-0.39, 0.29) is 17.2 Å². The summed E-state index contributed by atoms with van der Waals surface area (Å²) < 4.78 is 0. The maximum Gasteiger partial charge on any atom is 0.244 e. The van der Waals surface area contributed by atoms with Crippen LogP contribution in [-0.4, -0.2) is 11.6 Å². The van der Waals surface area contributed by atoms with Gasteiger partial charge in [0.15, 0.2) is 0 Å². The molecule has 0 heterocycles. The molecular formula is C26H26N2O. The minimum absolute atomic E-state index is 0.0256. The maximum atomic E-state index is 13.0. The van der Waals surface area contributed by atoms with Crippen molar-refractivity contribution in [3.63, 3.8) is 0 Å². The average molecular weight is 383 g/mol. The smallest absolute Gasteiger partial charge is 0.244 e. The zero-order valence-corrected chi connectivity index (χ0v) is 17.1. The Kier molecular flexibility index (Phi) is 5.06. The van der Waals surface area contributed by atoms with E-state index < -0.39 is 0 Å². The first-order valence-corrected chi connectivity index (χ1v) is 10.0. The van der Waals surface area contributed by atoms with Gasteiger partial charge in [0.25, 0.3) is 0 Å². The van der Waals surface area contributed by atoms with E-state index in [1.807, 2.05) is 43.3 Å². The lowest BCUT2D eigenvalue weighted by molar-refractivity contribution is -0.122. The lowest BCUT2D eigenvalue weighted by Gasteiger charge is -2.18. The number of hydrazone groups is 1. The number of aryl methyl sites for hydroxylation is 2. The first-order valence-electron chi connectivity index (χ1n) is 10.0. The number of rotatable bonds is 5. The summed E-state index contributed by atoms with van der Waals surface area (Å²) in [7, 11) is 0. The third-order valence-corrected chi connectivity index (χ3v) is 5.97. The van der Waals surface area contributed by atoms with Crippen molar-refractivity contribution in [2.24, 2.45) is 11.0 Å². The van der Waals surface area contributed by atoms with E-state index in [2.05, 4.69) is 66.8 Å². The Balaban J connectivity index is 1.58. The number of nitrogens with zero attached hydrogens (tertiary/aromatic N) is 1. The second-order valence-corrected chi connectivity index (χ2v) is 7.95. The molecule has 0 spiro atoms. The molecule has 0 aliphatic heterocycles.